The smallest absolute Gasteiger partial charge is 0.325 e. The fourth-order valence-corrected chi connectivity index (χ4v) is 3.98. The van der Waals surface area contributed by atoms with E-state index in [-0.39, 0.29) is 21.1 Å². The Morgan fingerprint density at radius 2 is 1.83 bits per heavy atom. The molecule has 0 bridgehead atoms. The van der Waals surface area contributed by atoms with Gasteiger partial charge in [0.15, 0.2) is 0 Å². The van der Waals surface area contributed by atoms with Crippen LogP contribution in [0.3, 0.4) is 0 Å². The molecule has 0 radical (unpaired) electrons. The lowest BCUT2D eigenvalue weighted by atomic mass is 10.2. The number of amides is 1. The molecule has 2 aromatic carbocycles. The Morgan fingerprint density at radius 1 is 1.13 bits per heavy atom. The monoisotopic (exact) mass is 456 g/mol. The average molecular weight is 456 g/mol. The Kier molecular flexibility index (Phi) is 6.01. The van der Waals surface area contributed by atoms with Crippen LogP contribution in [0.2, 0.25) is 0 Å². The summed E-state index contributed by atoms with van der Waals surface area (Å²) < 4.78 is 62.3. The lowest BCUT2D eigenvalue weighted by Gasteiger charge is -2.14. The molecule has 3 rings (SSSR count). The lowest BCUT2D eigenvalue weighted by molar-refractivity contribution is -0.145. The number of rotatable bonds is 5. The molecule has 0 aliphatic rings. The van der Waals surface area contributed by atoms with Crippen LogP contribution in [-0.4, -0.2) is 29.5 Å². The number of nitrogens with one attached hydrogen (secondary N) is 1. The van der Waals surface area contributed by atoms with E-state index < -0.39 is 33.2 Å². The molecule has 7 nitrogen and oxygen atoms in total. The zero-order valence-corrected chi connectivity index (χ0v) is 17.0. The van der Waals surface area contributed by atoms with E-state index in [9.17, 15) is 26.4 Å². The molecule has 158 valence electrons. The second-order valence-electron chi connectivity index (χ2n) is 6.19. The summed E-state index contributed by atoms with van der Waals surface area (Å²) in [5.41, 5.74) is 0.290. The molecule has 0 saturated carbocycles. The molecule has 0 saturated heterocycles. The van der Waals surface area contributed by atoms with Gasteiger partial charge in [0.25, 0.3) is 0 Å². The van der Waals surface area contributed by atoms with Crippen molar-refractivity contribution in [3.63, 3.8) is 0 Å². The van der Waals surface area contributed by atoms with Crippen molar-refractivity contribution < 1.29 is 26.4 Å². The molecule has 0 spiro atoms. The number of thioether (sulfide) groups is 1. The fraction of sp³-hybridized carbons (Fsp3) is 0.167. The number of sulfonamides is 1. The molecule has 1 heterocycles. The third-order valence-corrected chi connectivity index (χ3v) is 5.92. The van der Waals surface area contributed by atoms with Crippen LogP contribution in [0.5, 0.6) is 0 Å². The number of para-hydroxylation sites is 1. The van der Waals surface area contributed by atoms with E-state index in [1.165, 1.54) is 37.3 Å². The van der Waals surface area contributed by atoms with E-state index in [4.69, 9.17) is 5.14 Å². The molecule has 1 unspecified atom stereocenters. The number of fused-ring (bicyclic) bond motifs is 1. The van der Waals surface area contributed by atoms with Crippen molar-refractivity contribution in [2.45, 2.75) is 28.3 Å². The Balaban J connectivity index is 1.86. The summed E-state index contributed by atoms with van der Waals surface area (Å²) in [6.07, 6.45) is -4.74. The van der Waals surface area contributed by atoms with E-state index in [2.05, 4.69) is 15.3 Å². The van der Waals surface area contributed by atoms with Gasteiger partial charge in [-0.05, 0) is 31.2 Å². The van der Waals surface area contributed by atoms with Crippen LogP contribution in [-0.2, 0) is 21.0 Å². The number of aromatic nitrogens is 2. The third kappa shape index (κ3) is 5.07. The van der Waals surface area contributed by atoms with Gasteiger partial charge in [0.05, 0.1) is 15.7 Å². The number of hydrogen-bond acceptors (Lipinski definition) is 6. The van der Waals surface area contributed by atoms with Gasteiger partial charge in [0.2, 0.25) is 21.8 Å². The number of alkyl halides is 3. The minimum absolute atomic E-state index is 0.00821. The summed E-state index contributed by atoms with van der Waals surface area (Å²) in [7, 11) is -3.95. The van der Waals surface area contributed by atoms with E-state index >= 15 is 0 Å². The highest BCUT2D eigenvalue weighted by molar-refractivity contribution is 8.00. The standard InChI is InChI=1S/C18H15F3N4O3S2/c1-10(15(26)23-11-5-4-6-12(9-11)30(22,27)28)29-16-13-7-2-3-8-14(13)24-17(25-16)18(19,20)21/h2-10H,1H3,(H,23,26)(H2,22,27,28). The van der Waals surface area contributed by atoms with E-state index in [0.717, 1.165) is 11.8 Å². The maximum absolute atomic E-state index is 13.1. The zero-order chi connectivity index (χ0) is 22.1. The first-order valence-electron chi connectivity index (χ1n) is 8.39. The molecular weight excluding hydrogens is 441 g/mol. The van der Waals surface area contributed by atoms with Crippen LogP contribution in [0, 0.1) is 0 Å². The van der Waals surface area contributed by atoms with Gasteiger partial charge in [-0.2, -0.15) is 13.2 Å². The van der Waals surface area contributed by atoms with Crippen molar-refractivity contribution in [3.8, 4) is 0 Å². The van der Waals surface area contributed by atoms with E-state index in [1.807, 2.05) is 0 Å². The van der Waals surface area contributed by atoms with Gasteiger partial charge >= 0.3 is 6.18 Å². The molecule has 1 aromatic heterocycles. The van der Waals surface area contributed by atoms with Crippen molar-refractivity contribution in [2.75, 3.05) is 5.32 Å². The van der Waals surface area contributed by atoms with Crippen LogP contribution >= 0.6 is 11.8 Å². The number of nitrogens with two attached hydrogens (primary N) is 1. The van der Waals surface area contributed by atoms with Gasteiger partial charge in [-0.25, -0.2) is 23.5 Å². The Morgan fingerprint density at radius 3 is 2.50 bits per heavy atom. The highest BCUT2D eigenvalue weighted by Gasteiger charge is 2.36. The van der Waals surface area contributed by atoms with Crippen molar-refractivity contribution in [3.05, 3.63) is 54.4 Å². The minimum Gasteiger partial charge on any atom is -0.325 e. The highest BCUT2D eigenvalue weighted by Crippen LogP contribution is 2.33. The summed E-state index contributed by atoms with van der Waals surface area (Å²) in [6.45, 7) is 1.49. The minimum atomic E-state index is -4.74. The first kappa shape index (κ1) is 22.0. The van der Waals surface area contributed by atoms with Gasteiger partial charge in [0, 0.05) is 11.1 Å². The molecule has 1 amide bonds. The number of anilines is 1. The van der Waals surface area contributed by atoms with E-state index in [0.29, 0.717) is 5.39 Å². The maximum Gasteiger partial charge on any atom is 0.451 e. The number of primary sulfonamides is 1. The molecule has 0 aliphatic heterocycles. The molecule has 12 heteroatoms. The predicted octanol–water partition coefficient (Wildman–Crippen LogP) is 3.42. The zero-order valence-electron chi connectivity index (χ0n) is 15.3. The van der Waals surface area contributed by atoms with Gasteiger partial charge in [-0.1, -0.05) is 36.0 Å². The topological polar surface area (TPSA) is 115 Å². The molecule has 0 aliphatic carbocycles. The Bertz CT molecular complexity index is 1220. The first-order valence-corrected chi connectivity index (χ1v) is 10.8. The van der Waals surface area contributed by atoms with Crippen LogP contribution in [0.4, 0.5) is 18.9 Å². The quantitative estimate of drug-likeness (QED) is 0.449. The second kappa shape index (κ2) is 8.20. The third-order valence-electron chi connectivity index (χ3n) is 3.91. The molecule has 0 fully saturated rings. The maximum atomic E-state index is 13.1. The summed E-state index contributed by atoms with van der Waals surface area (Å²) in [6, 6.07) is 11.5. The van der Waals surface area contributed by atoms with Gasteiger partial charge < -0.3 is 5.32 Å². The number of carbonyl (C=O) groups is 1. The fourth-order valence-electron chi connectivity index (χ4n) is 2.48. The molecular formula is C18H15F3N4O3S2. The highest BCUT2D eigenvalue weighted by atomic mass is 32.2. The first-order chi connectivity index (χ1) is 13.9. The predicted molar refractivity (Wildman–Crippen MR) is 106 cm³/mol. The molecule has 3 N–H and O–H groups in total. The summed E-state index contributed by atoms with van der Waals surface area (Å²) in [5, 5.41) is 7.14. The summed E-state index contributed by atoms with van der Waals surface area (Å²) >= 11 is 0.834. The van der Waals surface area contributed by atoms with Gasteiger partial charge in [-0.3, -0.25) is 4.79 Å². The molecule has 3 aromatic rings. The molecule has 30 heavy (non-hydrogen) atoms. The number of halogens is 3. The Hall–Kier alpha value is -2.70. The number of hydrogen-bond donors (Lipinski definition) is 2. The summed E-state index contributed by atoms with van der Waals surface area (Å²) in [4.78, 5) is 19.5. The van der Waals surface area contributed by atoms with Crippen LogP contribution < -0.4 is 10.5 Å². The van der Waals surface area contributed by atoms with Gasteiger partial charge in [0.1, 0.15) is 5.03 Å². The Labute approximate surface area is 174 Å². The lowest BCUT2D eigenvalue weighted by Crippen LogP contribution is -2.23. The second-order valence-corrected chi connectivity index (χ2v) is 9.08. The van der Waals surface area contributed by atoms with Crippen LogP contribution in [0.1, 0.15) is 12.7 Å². The van der Waals surface area contributed by atoms with Gasteiger partial charge in [-0.15, -0.1) is 0 Å². The normalized spacial score (nSPS) is 13.2. The van der Waals surface area contributed by atoms with Crippen molar-refractivity contribution >= 4 is 44.3 Å². The number of carbonyl (C=O) groups excluding carboxylic acids is 1. The number of benzene rings is 2. The van der Waals surface area contributed by atoms with E-state index in [1.54, 1.807) is 18.2 Å². The number of nitrogens with zero attached hydrogens (tertiary/aromatic N) is 2. The van der Waals surface area contributed by atoms with Crippen molar-refractivity contribution in [1.82, 2.24) is 9.97 Å². The SMILES string of the molecule is CC(Sc1nc(C(F)(F)F)nc2ccccc12)C(=O)Nc1cccc(S(N)(=O)=O)c1. The summed E-state index contributed by atoms with van der Waals surface area (Å²) in [5.74, 6) is -1.85. The molecule has 1 atom stereocenters. The largest absolute Gasteiger partial charge is 0.451 e. The average Bonchev–Trinajstić information content (AvgIpc) is 2.66. The van der Waals surface area contributed by atoms with Crippen molar-refractivity contribution in [2.24, 2.45) is 5.14 Å². The van der Waals surface area contributed by atoms with Crippen molar-refractivity contribution in [1.29, 1.82) is 0 Å². The van der Waals surface area contributed by atoms with Crippen LogP contribution in [0.25, 0.3) is 10.9 Å². The van der Waals surface area contributed by atoms with Crippen LogP contribution in [0.15, 0.2) is 58.5 Å².